The van der Waals surface area contributed by atoms with Crippen molar-refractivity contribution >= 4 is 0 Å². The molecule has 1 aliphatic rings. The van der Waals surface area contributed by atoms with Crippen LogP contribution in [0.15, 0.2) is 18.2 Å². The summed E-state index contributed by atoms with van der Waals surface area (Å²) in [5, 5.41) is 21.6. The number of tetrazole rings is 1. The number of hydrogen-bond donors (Lipinski definition) is 1. The summed E-state index contributed by atoms with van der Waals surface area (Å²) in [7, 11) is 1.71. The predicted molar refractivity (Wildman–Crippen MR) is 67.5 cm³/mol. The van der Waals surface area contributed by atoms with Crippen LogP contribution in [-0.4, -0.2) is 25.3 Å². The van der Waals surface area contributed by atoms with Gasteiger partial charge in [-0.15, -0.1) is 10.2 Å². The Hall–Kier alpha value is -1.95. The van der Waals surface area contributed by atoms with Gasteiger partial charge in [0, 0.05) is 0 Å². The normalized spacial score (nSPS) is 18.1. The Labute approximate surface area is 111 Å². The lowest BCUT2D eigenvalue weighted by atomic mass is 9.89. The van der Waals surface area contributed by atoms with E-state index < -0.39 is 0 Å². The second-order valence-electron chi connectivity index (χ2n) is 4.75. The molecule has 19 heavy (non-hydrogen) atoms. The van der Waals surface area contributed by atoms with Crippen LogP contribution in [0.2, 0.25) is 0 Å². The van der Waals surface area contributed by atoms with Crippen molar-refractivity contribution in [2.24, 2.45) is 7.05 Å². The molecule has 1 atom stereocenters. The highest BCUT2D eigenvalue weighted by atomic mass is 16.5. The molecule has 1 aromatic heterocycles. The summed E-state index contributed by atoms with van der Waals surface area (Å²) in [5.41, 5.74) is 2.19. The second kappa shape index (κ2) is 4.97. The number of aliphatic hydroxyl groups is 1. The molecule has 0 radical (unpaired) electrons. The van der Waals surface area contributed by atoms with E-state index >= 15 is 0 Å². The third-order valence-electron chi connectivity index (χ3n) is 3.32. The summed E-state index contributed by atoms with van der Waals surface area (Å²) in [4.78, 5) is 1.40. The minimum Gasteiger partial charge on any atom is -0.485 e. The van der Waals surface area contributed by atoms with E-state index in [2.05, 4.69) is 15.4 Å². The van der Waals surface area contributed by atoms with Crippen LogP contribution in [0.1, 0.15) is 35.9 Å². The van der Waals surface area contributed by atoms with Crippen LogP contribution >= 0.6 is 0 Å². The smallest absolute Gasteiger partial charge is 0.212 e. The minimum absolute atomic E-state index is 0.280. The molecule has 1 unspecified atom stereocenters. The van der Waals surface area contributed by atoms with Gasteiger partial charge in [0.25, 0.3) is 0 Å². The molecule has 6 nitrogen and oxygen atoms in total. The molecule has 0 bridgehead atoms. The summed E-state index contributed by atoms with van der Waals surface area (Å²) in [6, 6.07) is 5.86. The van der Waals surface area contributed by atoms with Gasteiger partial charge in [-0.05, 0) is 47.7 Å². The molecule has 0 aliphatic heterocycles. The summed E-state index contributed by atoms with van der Waals surface area (Å²) in [5.74, 6) is 1.27. The Balaban J connectivity index is 1.73. The molecule has 2 aromatic rings. The first-order chi connectivity index (χ1) is 9.22. The number of hydrogen-bond acceptors (Lipinski definition) is 5. The zero-order valence-electron chi connectivity index (χ0n) is 10.8. The van der Waals surface area contributed by atoms with E-state index in [1.165, 1.54) is 10.4 Å². The van der Waals surface area contributed by atoms with Gasteiger partial charge in [-0.3, -0.25) is 0 Å². The Morgan fingerprint density at radius 2 is 2.37 bits per heavy atom. The van der Waals surface area contributed by atoms with Gasteiger partial charge in [0.2, 0.25) is 5.82 Å². The zero-order valence-corrected chi connectivity index (χ0v) is 10.8. The average molecular weight is 260 g/mol. The maximum Gasteiger partial charge on any atom is 0.212 e. The zero-order chi connectivity index (χ0) is 13.2. The molecule has 0 saturated carbocycles. The molecule has 0 amide bonds. The highest BCUT2D eigenvalue weighted by molar-refractivity contribution is 5.38. The maximum absolute atomic E-state index is 9.98. The van der Waals surface area contributed by atoms with Crippen molar-refractivity contribution in [2.45, 2.75) is 32.0 Å². The Bertz CT molecular complexity index is 582. The molecular formula is C13H16N4O2. The number of nitrogens with zero attached hydrogens (tertiary/aromatic N) is 4. The van der Waals surface area contributed by atoms with Gasteiger partial charge < -0.3 is 9.84 Å². The van der Waals surface area contributed by atoms with Gasteiger partial charge in [0.1, 0.15) is 5.75 Å². The molecule has 6 heteroatoms. The van der Waals surface area contributed by atoms with Crippen LogP contribution < -0.4 is 4.74 Å². The molecular weight excluding hydrogens is 244 g/mol. The third kappa shape index (κ3) is 2.58. The van der Waals surface area contributed by atoms with E-state index in [1.54, 1.807) is 7.05 Å². The van der Waals surface area contributed by atoms with Crippen molar-refractivity contribution in [1.82, 2.24) is 20.2 Å². The van der Waals surface area contributed by atoms with Crippen molar-refractivity contribution in [3.63, 3.8) is 0 Å². The highest BCUT2D eigenvalue weighted by Gasteiger charge is 2.18. The van der Waals surface area contributed by atoms with Crippen molar-refractivity contribution in [3.05, 3.63) is 35.2 Å². The van der Waals surface area contributed by atoms with Gasteiger partial charge in [-0.1, -0.05) is 6.07 Å². The Morgan fingerprint density at radius 1 is 1.47 bits per heavy atom. The van der Waals surface area contributed by atoms with Crippen LogP contribution in [0.3, 0.4) is 0 Å². The number of fused-ring (bicyclic) bond motifs is 1. The SMILES string of the molecule is Cn1nnc(COc2ccc3c(c2)C(O)CCC3)n1. The molecule has 1 aromatic carbocycles. The molecule has 0 fully saturated rings. The molecule has 0 saturated heterocycles. The number of rotatable bonds is 3. The fourth-order valence-corrected chi connectivity index (χ4v) is 2.37. The van der Waals surface area contributed by atoms with E-state index in [0.29, 0.717) is 5.82 Å². The van der Waals surface area contributed by atoms with Crippen molar-refractivity contribution in [2.75, 3.05) is 0 Å². The minimum atomic E-state index is -0.373. The number of benzene rings is 1. The number of ether oxygens (including phenoxy) is 1. The van der Waals surface area contributed by atoms with Gasteiger partial charge in [0.15, 0.2) is 6.61 Å². The van der Waals surface area contributed by atoms with Crippen molar-refractivity contribution in [1.29, 1.82) is 0 Å². The van der Waals surface area contributed by atoms with Crippen LogP contribution in [-0.2, 0) is 20.1 Å². The standard InChI is InChI=1S/C13H16N4O2/c1-17-15-13(14-16-17)8-19-10-6-5-9-3-2-4-12(18)11(9)7-10/h5-7,12,18H,2-4,8H2,1H3. The van der Waals surface area contributed by atoms with Crippen molar-refractivity contribution < 1.29 is 9.84 Å². The van der Waals surface area contributed by atoms with Gasteiger partial charge in [-0.25, -0.2) is 0 Å². The first-order valence-electron chi connectivity index (χ1n) is 6.39. The molecule has 3 rings (SSSR count). The monoisotopic (exact) mass is 260 g/mol. The lowest BCUT2D eigenvalue weighted by molar-refractivity contribution is 0.156. The molecule has 1 N–H and O–H groups in total. The van der Waals surface area contributed by atoms with Gasteiger partial charge >= 0.3 is 0 Å². The van der Waals surface area contributed by atoms with Gasteiger partial charge in [0.05, 0.1) is 13.2 Å². The summed E-state index contributed by atoms with van der Waals surface area (Å²) < 4.78 is 5.63. The average Bonchev–Trinajstić information content (AvgIpc) is 2.83. The lowest BCUT2D eigenvalue weighted by Crippen LogP contribution is -2.09. The molecule has 1 heterocycles. The van der Waals surface area contributed by atoms with Gasteiger partial charge in [-0.2, -0.15) is 4.80 Å². The third-order valence-corrected chi connectivity index (χ3v) is 3.32. The fourth-order valence-electron chi connectivity index (χ4n) is 2.37. The Morgan fingerprint density at radius 3 is 3.16 bits per heavy atom. The predicted octanol–water partition coefficient (Wildman–Crippen LogP) is 1.16. The molecule has 100 valence electrons. The second-order valence-corrected chi connectivity index (χ2v) is 4.75. The molecule has 0 spiro atoms. The number of aryl methyl sites for hydroxylation is 2. The topological polar surface area (TPSA) is 73.1 Å². The first-order valence-corrected chi connectivity index (χ1v) is 6.39. The summed E-state index contributed by atoms with van der Waals surface area (Å²) in [6.45, 7) is 0.280. The lowest BCUT2D eigenvalue weighted by Gasteiger charge is -2.21. The quantitative estimate of drug-likeness (QED) is 0.896. The van der Waals surface area contributed by atoms with E-state index in [4.69, 9.17) is 4.74 Å². The first kappa shape index (κ1) is 12.1. The highest BCUT2D eigenvalue weighted by Crippen LogP contribution is 2.32. The fraction of sp³-hybridized carbons (Fsp3) is 0.462. The van der Waals surface area contributed by atoms with Crippen molar-refractivity contribution in [3.8, 4) is 5.75 Å². The van der Waals surface area contributed by atoms with E-state index in [0.717, 1.165) is 30.6 Å². The van der Waals surface area contributed by atoms with Crippen LogP contribution in [0.25, 0.3) is 0 Å². The van der Waals surface area contributed by atoms with Crippen LogP contribution in [0.5, 0.6) is 5.75 Å². The summed E-state index contributed by atoms with van der Waals surface area (Å²) in [6.07, 6.45) is 2.51. The van der Waals surface area contributed by atoms with E-state index in [-0.39, 0.29) is 12.7 Å². The van der Waals surface area contributed by atoms with E-state index in [9.17, 15) is 5.11 Å². The number of aliphatic hydroxyl groups excluding tert-OH is 1. The largest absolute Gasteiger partial charge is 0.485 e. The van der Waals surface area contributed by atoms with Crippen LogP contribution in [0, 0.1) is 0 Å². The number of aromatic nitrogens is 4. The summed E-state index contributed by atoms with van der Waals surface area (Å²) >= 11 is 0. The molecule has 1 aliphatic carbocycles. The van der Waals surface area contributed by atoms with Crippen LogP contribution in [0.4, 0.5) is 0 Å². The Kier molecular flexibility index (Phi) is 3.16. The maximum atomic E-state index is 9.98. The van der Waals surface area contributed by atoms with E-state index in [1.807, 2.05) is 18.2 Å².